The molecule has 0 unspecified atom stereocenters. The van der Waals surface area contributed by atoms with Crippen molar-refractivity contribution in [2.45, 2.75) is 45.3 Å². The fourth-order valence-corrected chi connectivity index (χ4v) is 2.48. The minimum absolute atomic E-state index is 0.0496. The molecule has 1 amide bonds. The zero-order valence-corrected chi connectivity index (χ0v) is 11.8. The van der Waals surface area contributed by atoms with Gasteiger partial charge in [0.15, 0.2) is 0 Å². The topological polar surface area (TPSA) is 20.3 Å². The van der Waals surface area contributed by atoms with E-state index in [1.54, 1.807) is 6.07 Å². The van der Waals surface area contributed by atoms with Crippen molar-refractivity contribution in [1.29, 1.82) is 0 Å². The van der Waals surface area contributed by atoms with Crippen molar-refractivity contribution in [2.24, 2.45) is 0 Å². The molecule has 2 aliphatic rings. The maximum Gasteiger partial charge on any atom is 0.416 e. The second-order valence-corrected chi connectivity index (χ2v) is 5.03. The number of halogens is 3. The van der Waals surface area contributed by atoms with E-state index in [4.69, 9.17) is 0 Å². The summed E-state index contributed by atoms with van der Waals surface area (Å²) in [4.78, 5) is 13.2. The Kier molecular flexibility index (Phi) is 3.80. The van der Waals surface area contributed by atoms with Crippen molar-refractivity contribution >= 4 is 5.91 Å². The molecule has 0 N–H and O–H groups in total. The molecule has 1 aliphatic carbocycles. The Morgan fingerprint density at radius 3 is 2.30 bits per heavy atom. The van der Waals surface area contributed by atoms with Crippen molar-refractivity contribution in [3.05, 3.63) is 34.4 Å². The molecule has 0 atom stereocenters. The molecule has 1 saturated carbocycles. The molecule has 0 aromatic heterocycles. The van der Waals surface area contributed by atoms with Crippen molar-refractivity contribution in [3.8, 4) is 0 Å². The fraction of sp³-hybridized carbons (Fsp3) is 0.533. The Bertz CT molecular complexity index is 533. The number of amides is 1. The summed E-state index contributed by atoms with van der Waals surface area (Å²) in [5.74, 6) is -0.104. The van der Waals surface area contributed by atoms with E-state index < -0.39 is 11.7 Å². The first kappa shape index (κ1) is 14.9. The summed E-state index contributed by atoms with van der Waals surface area (Å²) in [6, 6.07) is 2.87. The quantitative estimate of drug-likeness (QED) is 0.757. The summed E-state index contributed by atoms with van der Waals surface area (Å²) in [7, 11) is 1.53. The summed E-state index contributed by atoms with van der Waals surface area (Å²) < 4.78 is 39.1. The molecule has 1 heterocycles. The number of carbonyl (C=O) groups excluding carboxylic acids is 1. The molecule has 1 fully saturated rings. The number of alkyl halides is 3. The average molecular weight is 285 g/mol. The molecule has 0 spiro atoms. The zero-order valence-electron chi connectivity index (χ0n) is 11.8. The van der Waals surface area contributed by atoms with Crippen LogP contribution in [0.5, 0.6) is 0 Å². The normalized spacial score (nSPS) is 17.7. The van der Waals surface area contributed by atoms with Crippen molar-refractivity contribution < 1.29 is 18.0 Å². The fourth-order valence-electron chi connectivity index (χ4n) is 2.48. The second kappa shape index (κ2) is 5.11. The maximum atomic E-state index is 13.0. The van der Waals surface area contributed by atoms with Crippen LogP contribution >= 0.6 is 0 Å². The number of nitrogens with zero attached hydrogens (tertiary/aromatic N) is 1. The molecule has 1 aromatic carbocycles. The highest BCUT2D eigenvalue weighted by Crippen LogP contribution is 2.45. The monoisotopic (exact) mass is 285 g/mol. The van der Waals surface area contributed by atoms with Crippen LogP contribution in [0.15, 0.2) is 12.1 Å². The van der Waals surface area contributed by atoms with E-state index >= 15 is 0 Å². The van der Waals surface area contributed by atoms with Gasteiger partial charge in [0, 0.05) is 19.2 Å². The third-order valence-electron chi connectivity index (χ3n) is 3.60. The Balaban J connectivity index is 0.000000704. The van der Waals surface area contributed by atoms with E-state index in [9.17, 15) is 18.0 Å². The molecule has 0 saturated heterocycles. The standard InChI is InChI=1S/C13H12F3NO.C2H6/c1-17-6-10-9(12(17)18)4-8(7-2-3-7)5-11(10)13(14,15)16;1-2/h4-5,7H,2-3,6H2,1H3;1-2H3. The predicted octanol–water partition coefficient (Wildman–Crippen LogP) is 4.19. The Morgan fingerprint density at radius 1 is 1.20 bits per heavy atom. The molecule has 1 aliphatic heterocycles. The van der Waals surface area contributed by atoms with Crippen LogP contribution in [-0.4, -0.2) is 17.9 Å². The molecule has 20 heavy (non-hydrogen) atoms. The summed E-state index contributed by atoms with van der Waals surface area (Å²) in [5.41, 5.74) is 0.373. The van der Waals surface area contributed by atoms with Crippen LogP contribution in [0.25, 0.3) is 0 Å². The van der Waals surface area contributed by atoms with Crippen molar-refractivity contribution in [3.63, 3.8) is 0 Å². The van der Waals surface area contributed by atoms with Gasteiger partial charge in [-0.05, 0) is 42.0 Å². The van der Waals surface area contributed by atoms with Gasteiger partial charge in [-0.3, -0.25) is 4.79 Å². The highest BCUT2D eigenvalue weighted by Gasteiger charge is 2.40. The van der Waals surface area contributed by atoms with Crippen LogP contribution < -0.4 is 0 Å². The number of benzene rings is 1. The van der Waals surface area contributed by atoms with Crippen molar-refractivity contribution in [2.75, 3.05) is 7.05 Å². The third-order valence-corrected chi connectivity index (χ3v) is 3.60. The average Bonchev–Trinajstić information content (AvgIpc) is 3.19. The number of carbonyl (C=O) groups is 1. The first-order valence-corrected chi connectivity index (χ1v) is 6.87. The van der Waals surface area contributed by atoms with Crippen LogP contribution in [0.2, 0.25) is 0 Å². The van der Waals surface area contributed by atoms with Crippen LogP contribution in [0.1, 0.15) is 59.7 Å². The first-order chi connectivity index (χ1) is 9.38. The zero-order chi connectivity index (χ0) is 15.1. The highest BCUT2D eigenvalue weighted by molar-refractivity contribution is 5.98. The predicted molar refractivity (Wildman–Crippen MR) is 70.6 cm³/mol. The van der Waals surface area contributed by atoms with Gasteiger partial charge in [-0.25, -0.2) is 0 Å². The molecule has 0 bridgehead atoms. The lowest BCUT2D eigenvalue weighted by Gasteiger charge is -2.13. The number of hydrogen-bond acceptors (Lipinski definition) is 1. The smallest absolute Gasteiger partial charge is 0.337 e. The highest BCUT2D eigenvalue weighted by atomic mass is 19.4. The Labute approximate surface area is 116 Å². The van der Waals surface area contributed by atoms with E-state index in [0.29, 0.717) is 5.56 Å². The van der Waals surface area contributed by atoms with Gasteiger partial charge in [0.1, 0.15) is 0 Å². The summed E-state index contributed by atoms with van der Waals surface area (Å²) in [6.45, 7) is 4.05. The first-order valence-electron chi connectivity index (χ1n) is 6.87. The molecule has 3 rings (SSSR count). The number of rotatable bonds is 1. The van der Waals surface area contributed by atoms with E-state index in [1.807, 2.05) is 13.8 Å². The molecular formula is C15H18F3NO. The van der Waals surface area contributed by atoms with E-state index in [1.165, 1.54) is 18.0 Å². The minimum Gasteiger partial charge on any atom is -0.337 e. The second-order valence-electron chi connectivity index (χ2n) is 5.03. The maximum absolute atomic E-state index is 13.0. The van der Waals surface area contributed by atoms with E-state index in [-0.39, 0.29) is 29.5 Å². The lowest BCUT2D eigenvalue weighted by atomic mass is 9.97. The third kappa shape index (κ3) is 2.53. The van der Waals surface area contributed by atoms with Gasteiger partial charge < -0.3 is 4.90 Å². The van der Waals surface area contributed by atoms with Crippen LogP contribution in [0, 0.1) is 0 Å². The Morgan fingerprint density at radius 2 is 1.80 bits per heavy atom. The van der Waals surface area contributed by atoms with Gasteiger partial charge in [0.05, 0.1) is 5.56 Å². The molecular weight excluding hydrogens is 267 g/mol. The van der Waals surface area contributed by atoms with Gasteiger partial charge in [0.25, 0.3) is 5.91 Å². The van der Waals surface area contributed by atoms with Gasteiger partial charge in [0.2, 0.25) is 0 Å². The van der Waals surface area contributed by atoms with E-state index in [0.717, 1.165) is 12.8 Å². The SMILES string of the molecule is CC.CN1Cc2c(cc(C3CC3)cc2C(F)(F)F)C1=O. The Hall–Kier alpha value is -1.52. The molecule has 110 valence electrons. The lowest BCUT2D eigenvalue weighted by molar-refractivity contribution is -0.138. The summed E-state index contributed by atoms with van der Waals surface area (Å²) >= 11 is 0. The molecule has 5 heteroatoms. The number of hydrogen-bond donors (Lipinski definition) is 0. The van der Waals surface area contributed by atoms with E-state index in [2.05, 4.69) is 0 Å². The van der Waals surface area contributed by atoms with Crippen LogP contribution in [0.4, 0.5) is 13.2 Å². The van der Waals surface area contributed by atoms with Gasteiger partial charge in [-0.1, -0.05) is 13.8 Å². The van der Waals surface area contributed by atoms with Crippen LogP contribution in [-0.2, 0) is 12.7 Å². The van der Waals surface area contributed by atoms with Gasteiger partial charge >= 0.3 is 6.18 Å². The largest absolute Gasteiger partial charge is 0.416 e. The number of fused-ring (bicyclic) bond motifs is 1. The van der Waals surface area contributed by atoms with Crippen molar-refractivity contribution in [1.82, 2.24) is 4.90 Å². The molecule has 2 nitrogen and oxygen atoms in total. The van der Waals surface area contributed by atoms with Gasteiger partial charge in [-0.15, -0.1) is 0 Å². The van der Waals surface area contributed by atoms with Crippen LogP contribution in [0.3, 0.4) is 0 Å². The summed E-state index contributed by atoms with van der Waals surface area (Å²) in [5, 5.41) is 0. The molecule has 0 radical (unpaired) electrons. The minimum atomic E-state index is -4.39. The summed E-state index contributed by atoms with van der Waals surface area (Å²) in [6.07, 6.45) is -2.55. The van der Waals surface area contributed by atoms with Gasteiger partial charge in [-0.2, -0.15) is 13.2 Å². The lowest BCUT2D eigenvalue weighted by Crippen LogP contribution is -2.17. The molecule has 1 aromatic rings.